The Morgan fingerprint density at radius 2 is 2.15 bits per heavy atom. The van der Waals surface area contributed by atoms with Crippen molar-refractivity contribution in [1.82, 2.24) is 20.5 Å². The van der Waals surface area contributed by atoms with E-state index < -0.39 is 0 Å². The number of nitrogens with one attached hydrogen (secondary N) is 2. The SMILES string of the molecule is CCNC(=NCc1ncc(C)s1)NCC(c1ccco1)N1CCCCC1.I. The van der Waals surface area contributed by atoms with Gasteiger partial charge in [0.15, 0.2) is 5.96 Å². The summed E-state index contributed by atoms with van der Waals surface area (Å²) in [4.78, 5) is 12.8. The summed E-state index contributed by atoms with van der Waals surface area (Å²) in [7, 11) is 0. The molecular weight excluding hydrogens is 473 g/mol. The zero-order valence-corrected chi connectivity index (χ0v) is 19.3. The molecule has 2 N–H and O–H groups in total. The number of rotatable bonds is 7. The first-order valence-electron chi connectivity index (χ1n) is 9.47. The van der Waals surface area contributed by atoms with Gasteiger partial charge in [-0.05, 0) is 51.9 Å². The van der Waals surface area contributed by atoms with Crippen molar-refractivity contribution in [2.45, 2.75) is 45.7 Å². The van der Waals surface area contributed by atoms with Crippen LogP contribution in [-0.4, -0.2) is 42.0 Å². The molecule has 3 heterocycles. The summed E-state index contributed by atoms with van der Waals surface area (Å²) in [5.74, 6) is 1.85. The molecule has 2 aromatic rings. The van der Waals surface area contributed by atoms with Crippen LogP contribution in [0.25, 0.3) is 0 Å². The van der Waals surface area contributed by atoms with E-state index in [2.05, 4.69) is 45.4 Å². The van der Waals surface area contributed by atoms with Gasteiger partial charge in [0.05, 0.1) is 18.8 Å². The van der Waals surface area contributed by atoms with E-state index in [9.17, 15) is 0 Å². The minimum Gasteiger partial charge on any atom is -0.468 e. The van der Waals surface area contributed by atoms with E-state index in [-0.39, 0.29) is 30.0 Å². The van der Waals surface area contributed by atoms with E-state index in [1.165, 1.54) is 24.1 Å². The van der Waals surface area contributed by atoms with Gasteiger partial charge in [0.2, 0.25) is 0 Å². The summed E-state index contributed by atoms with van der Waals surface area (Å²) in [5.41, 5.74) is 0. The Morgan fingerprint density at radius 1 is 1.33 bits per heavy atom. The number of piperidine rings is 1. The largest absolute Gasteiger partial charge is 0.468 e. The number of aromatic nitrogens is 1. The minimum absolute atomic E-state index is 0. The average molecular weight is 503 g/mol. The fraction of sp³-hybridized carbons (Fsp3) is 0.579. The minimum atomic E-state index is 0. The lowest BCUT2D eigenvalue weighted by Gasteiger charge is -2.33. The Hall–Kier alpha value is -1.13. The molecule has 1 saturated heterocycles. The van der Waals surface area contributed by atoms with Gasteiger partial charge < -0.3 is 15.1 Å². The van der Waals surface area contributed by atoms with Crippen LogP contribution in [0.1, 0.15) is 47.9 Å². The lowest BCUT2D eigenvalue weighted by Crippen LogP contribution is -2.44. The lowest BCUT2D eigenvalue weighted by molar-refractivity contribution is 0.146. The van der Waals surface area contributed by atoms with Crippen LogP contribution in [0.4, 0.5) is 0 Å². The average Bonchev–Trinajstić information content (AvgIpc) is 3.33. The normalized spacial score (nSPS) is 16.6. The number of halogens is 1. The molecule has 8 heteroatoms. The monoisotopic (exact) mass is 503 g/mol. The quantitative estimate of drug-likeness (QED) is 0.341. The number of thiazole rings is 1. The number of furan rings is 1. The molecule has 0 bridgehead atoms. The number of guanidine groups is 1. The molecule has 2 aromatic heterocycles. The van der Waals surface area contributed by atoms with Gasteiger partial charge in [0.25, 0.3) is 0 Å². The van der Waals surface area contributed by atoms with Crippen molar-refractivity contribution >= 4 is 41.3 Å². The molecule has 0 aliphatic carbocycles. The number of aliphatic imine (C=N–C) groups is 1. The van der Waals surface area contributed by atoms with Gasteiger partial charge in [0, 0.05) is 24.2 Å². The van der Waals surface area contributed by atoms with Crippen molar-refractivity contribution in [3.05, 3.63) is 40.2 Å². The van der Waals surface area contributed by atoms with Crippen LogP contribution in [0.15, 0.2) is 34.0 Å². The van der Waals surface area contributed by atoms with Gasteiger partial charge >= 0.3 is 0 Å². The summed E-state index contributed by atoms with van der Waals surface area (Å²) in [6, 6.07) is 4.27. The molecule has 150 valence electrons. The molecule has 27 heavy (non-hydrogen) atoms. The summed E-state index contributed by atoms with van der Waals surface area (Å²) in [5, 5.41) is 7.87. The van der Waals surface area contributed by atoms with E-state index in [0.29, 0.717) is 6.54 Å². The molecule has 1 fully saturated rings. The zero-order valence-electron chi connectivity index (χ0n) is 16.1. The maximum Gasteiger partial charge on any atom is 0.191 e. The molecule has 0 aromatic carbocycles. The van der Waals surface area contributed by atoms with Crippen molar-refractivity contribution in [2.75, 3.05) is 26.2 Å². The highest BCUT2D eigenvalue weighted by molar-refractivity contribution is 14.0. The van der Waals surface area contributed by atoms with Crippen molar-refractivity contribution in [3.63, 3.8) is 0 Å². The maximum absolute atomic E-state index is 5.72. The van der Waals surface area contributed by atoms with Gasteiger partial charge in [-0.3, -0.25) is 4.90 Å². The Labute approximate surface area is 182 Å². The predicted octanol–water partition coefficient (Wildman–Crippen LogP) is 3.94. The molecule has 1 unspecified atom stereocenters. The van der Waals surface area contributed by atoms with E-state index in [1.807, 2.05) is 12.3 Å². The van der Waals surface area contributed by atoms with Crippen molar-refractivity contribution in [2.24, 2.45) is 4.99 Å². The standard InChI is InChI=1S/C19H29N5OS.HI/c1-3-20-19(23-14-18-21-12-15(2)26-18)22-13-16(17-8-7-11-25-17)24-9-5-4-6-10-24;/h7-8,11-12,16H,3-6,9-10,13-14H2,1-2H3,(H2,20,22,23);1H. The van der Waals surface area contributed by atoms with Gasteiger partial charge in [-0.25, -0.2) is 9.98 Å². The number of likely N-dealkylation sites (tertiary alicyclic amines) is 1. The van der Waals surface area contributed by atoms with Crippen LogP contribution in [-0.2, 0) is 6.54 Å². The second-order valence-electron chi connectivity index (χ2n) is 6.57. The molecule has 3 rings (SSSR count). The number of hydrogen-bond acceptors (Lipinski definition) is 5. The summed E-state index contributed by atoms with van der Waals surface area (Å²) in [6.45, 7) is 8.61. The van der Waals surface area contributed by atoms with E-state index in [1.54, 1.807) is 17.6 Å². The second-order valence-corrected chi connectivity index (χ2v) is 7.89. The van der Waals surface area contributed by atoms with Crippen LogP contribution in [0, 0.1) is 6.92 Å². The summed E-state index contributed by atoms with van der Waals surface area (Å²) in [6.07, 6.45) is 7.51. The smallest absolute Gasteiger partial charge is 0.191 e. The fourth-order valence-corrected chi connectivity index (χ4v) is 3.99. The predicted molar refractivity (Wildman–Crippen MR) is 122 cm³/mol. The first-order chi connectivity index (χ1) is 12.8. The van der Waals surface area contributed by atoms with Crippen LogP contribution < -0.4 is 10.6 Å². The van der Waals surface area contributed by atoms with Crippen molar-refractivity contribution in [3.8, 4) is 0 Å². The van der Waals surface area contributed by atoms with Crippen molar-refractivity contribution in [1.29, 1.82) is 0 Å². The molecular formula is C19H30IN5OS. The molecule has 0 saturated carbocycles. The van der Waals surface area contributed by atoms with Gasteiger partial charge in [-0.2, -0.15) is 0 Å². The highest BCUT2D eigenvalue weighted by Crippen LogP contribution is 2.24. The Morgan fingerprint density at radius 3 is 2.78 bits per heavy atom. The van der Waals surface area contributed by atoms with Crippen LogP contribution in [0.3, 0.4) is 0 Å². The zero-order chi connectivity index (χ0) is 18.2. The summed E-state index contributed by atoms with van der Waals surface area (Å²) < 4.78 is 5.72. The first kappa shape index (κ1) is 22.2. The Balaban J connectivity index is 0.00000261. The van der Waals surface area contributed by atoms with E-state index >= 15 is 0 Å². The highest BCUT2D eigenvalue weighted by Gasteiger charge is 2.24. The molecule has 0 spiro atoms. The van der Waals surface area contributed by atoms with Crippen molar-refractivity contribution < 1.29 is 4.42 Å². The van der Waals surface area contributed by atoms with Crippen LogP contribution in [0.2, 0.25) is 0 Å². The molecule has 0 amide bonds. The first-order valence-corrected chi connectivity index (χ1v) is 10.3. The van der Waals surface area contributed by atoms with E-state index in [4.69, 9.17) is 4.42 Å². The van der Waals surface area contributed by atoms with Crippen LogP contribution in [0.5, 0.6) is 0 Å². The third-order valence-electron chi connectivity index (χ3n) is 4.55. The van der Waals surface area contributed by atoms with Gasteiger partial charge in [-0.15, -0.1) is 35.3 Å². The molecule has 1 aliphatic rings. The third-order valence-corrected chi connectivity index (χ3v) is 5.45. The maximum atomic E-state index is 5.72. The molecule has 0 radical (unpaired) electrons. The number of hydrogen-bond donors (Lipinski definition) is 2. The van der Waals surface area contributed by atoms with E-state index in [0.717, 1.165) is 42.9 Å². The Kier molecular flexibility index (Phi) is 9.57. The summed E-state index contributed by atoms with van der Waals surface area (Å²) >= 11 is 1.70. The third kappa shape index (κ3) is 6.76. The second kappa shape index (κ2) is 11.7. The Bertz CT molecular complexity index is 682. The molecule has 1 aliphatic heterocycles. The topological polar surface area (TPSA) is 65.7 Å². The molecule has 6 nitrogen and oxygen atoms in total. The highest BCUT2D eigenvalue weighted by atomic mass is 127. The van der Waals surface area contributed by atoms with Gasteiger partial charge in [0.1, 0.15) is 10.8 Å². The number of aryl methyl sites for hydroxylation is 1. The fourth-order valence-electron chi connectivity index (χ4n) is 3.28. The lowest BCUT2D eigenvalue weighted by atomic mass is 10.1. The van der Waals surface area contributed by atoms with Crippen LogP contribution >= 0.6 is 35.3 Å². The number of nitrogens with zero attached hydrogens (tertiary/aromatic N) is 3. The molecule has 1 atom stereocenters. The van der Waals surface area contributed by atoms with Gasteiger partial charge in [-0.1, -0.05) is 6.42 Å².